The molecule has 24 heavy (non-hydrogen) atoms. The smallest absolute Gasteiger partial charge is 0.363 e. The molecule has 2 aromatic rings. The van der Waals surface area contributed by atoms with E-state index in [4.69, 9.17) is 9.47 Å². The molecule has 0 N–H and O–H groups in total. The average Bonchev–Trinajstić information content (AvgIpc) is 2.96. The molecule has 0 fully saturated rings. The van der Waals surface area contributed by atoms with Gasteiger partial charge >= 0.3 is 5.97 Å². The third-order valence-corrected chi connectivity index (χ3v) is 3.36. The van der Waals surface area contributed by atoms with Crippen molar-refractivity contribution in [2.24, 2.45) is 4.99 Å². The first-order chi connectivity index (χ1) is 11.6. The predicted octanol–water partition coefficient (Wildman–Crippen LogP) is 2.95. The first kappa shape index (κ1) is 15.4. The molecular weight excluding hydrogens is 312 g/mol. The zero-order chi connectivity index (χ0) is 17.1. The third kappa shape index (κ3) is 3.14. The van der Waals surface area contributed by atoms with E-state index in [1.54, 1.807) is 43.5 Å². The topological polar surface area (TPSA) is 91.0 Å². The Morgan fingerprint density at radius 1 is 1.12 bits per heavy atom. The molecule has 7 nitrogen and oxygen atoms in total. The number of non-ortho nitro benzene ring substituents is 1. The maximum absolute atomic E-state index is 11.9. The second-order valence-corrected chi connectivity index (χ2v) is 4.91. The number of nitro groups is 1. The highest BCUT2D eigenvalue weighted by molar-refractivity contribution is 6.12. The minimum Gasteiger partial charge on any atom is -0.497 e. The number of esters is 1. The average molecular weight is 324 g/mol. The van der Waals surface area contributed by atoms with Gasteiger partial charge in [0.05, 0.1) is 12.0 Å². The van der Waals surface area contributed by atoms with Crippen LogP contribution in [0.15, 0.2) is 59.2 Å². The van der Waals surface area contributed by atoms with E-state index in [1.165, 1.54) is 18.2 Å². The normalized spacial score (nSPS) is 15.1. The third-order valence-electron chi connectivity index (χ3n) is 3.36. The number of hydrogen-bond donors (Lipinski definition) is 0. The molecule has 0 saturated carbocycles. The number of rotatable bonds is 4. The van der Waals surface area contributed by atoms with Gasteiger partial charge in [0.1, 0.15) is 5.75 Å². The van der Waals surface area contributed by atoms with E-state index in [9.17, 15) is 14.9 Å². The van der Waals surface area contributed by atoms with E-state index in [1.807, 2.05) is 0 Å². The zero-order valence-electron chi connectivity index (χ0n) is 12.6. The molecule has 0 aliphatic carbocycles. The van der Waals surface area contributed by atoms with Crippen molar-refractivity contribution in [1.29, 1.82) is 0 Å². The fraction of sp³-hybridized carbons (Fsp3) is 0.0588. The summed E-state index contributed by atoms with van der Waals surface area (Å²) in [4.78, 5) is 26.3. The van der Waals surface area contributed by atoms with Crippen molar-refractivity contribution in [2.45, 2.75) is 0 Å². The van der Waals surface area contributed by atoms with Gasteiger partial charge in [-0.25, -0.2) is 9.79 Å². The number of carbonyl (C=O) groups excluding carboxylic acids is 1. The van der Waals surface area contributed by atoms with Crippen LogP contribution >= 0.6 is 0 Å². The van der Waals surface area contributed by atoms with Crippen LogP contribution in [-0.4, -0.2) is 23.9 Å². The highest BCUT2D eigenvalue weighted by Crippen LogP contribution is 2.21. The van der Waals surface area contributed by atoms with Crippen molar-refractivity contribution in [1.82, 2.24) is 0 Å². The zero-order valence-corrected chi connectivity index (χ0v) is 12.6. The van der Waals surface area contributed by atoms with Crippen LogP contribution in [0.4, 0.5) is 5.69 Å². The predicted molar refractivity (Wildman–Crippen MR) is 86.7 cm³/mol. The van der Waals surface area contributed by atoms with Crippen molar-refractivity contribution < 1.29 is 19.2 Å². The molecule has 0 unspecified atom stereocenters. The standard InChI is InChI=1S/C17H12N2O5/c1-23-14-8-4-12(5-9-14)16-18-15(17(20)24-16)10-11-2-6-13(7-3-11)19(21)22/h2-10H,1H3. The molecule has 3 rings (SSSR count). The van der Waals surface area contributed by atoms with Crippen LogP contribution in [0.2, 0.25) is 0 Å². The van der Waals surface area contributed by atoms with Gasteiger partial charge in [-0.1, -0.05) is 0 Å². The van der Waals surface area contributed by atoms with Gasteiger partial charge in [-0.3, -0.25) is 10.1 Å². The van der Waals surface area contributed by atoms with Gasteiger partial charge in [0.15, 0.2) is 5.70 Å². The number of nitrogens with zero attached hydrogens (tertiary/aromatic N) is 2. The first-order valence-electron chi connectivity index (χ1n) is 6.98. The minimum atomic E-state index is -0.570. The Labute approximate surface area is 137 Å². The summed E-state index contributed by atoms with van der Waals surface area (Å²) in [5, 5.41) is 10.6. The summed E-state index contributed by atoms with van der Waals surface area (Å²) in [6, 6.07) is 12.8. The van der Waals surface area contributed by atoms with Crippen molar-refractivity contribution in [3.05, 3.63) is 75.5 Å². The molecule has 1 aliphatic rings. The van der Waals surface area contributed by atoms with E-state index < -0.39 is 10.9 Å². The van der Waals surface area contributed by atoms with Crippen molar-refractivity contribution >= 4 is 23.6 Å². The number of benzene rings is 2. The highest BCUT2D eigenvalue weighted by atomic mass is 16.6. The van der Waals surface area contributed by atoms with Gasteiger partial charge in [0.25, 0.3) is 5.69 Å². The maximum atomic E-state index is 11.9. The second kappa shape index (κ2) is 6.33. The quantitative estimate of drug-likeness (QED) is 0.373. The van der Waals surface area contributed by atoms with Gasteiger partial charge in [-0.05, 0) is 48.0 Å². The van der Waals surface area contributed by atoms with Crippen molar-refractivity contribution in [3.63, 3.8) is 0 Å². The van der Waals surface area contributed by atoms with E-state index >= 15 is 0 Å². The molecule has 2 aromatic carbocycles. The fourth-order valence-corrected chi connectivity index (χ4v) is 2.12. The van der Waals surface area contributed by atoms with Crippen LogP contribution in [0.3, 0.4) is 0 Å². The number of carbonyl (C=O) groups is 1. The van der Waals surface area contributed by atoms with E-state index in [2.05, 4.69) is 4.99 Å². The second-order valence-electron chi connectivity index (χ2n) is 4.91. The lowest BCUT2D eigenvalue weighted by molar-refractivity contribution is -0.384. The monoisotopic (exact) mass is 324 g/mol. The molecule has 0 atom stereocenters. The highest BCUT2D eigenvalue weighted by Gasteiger charge is 2.24. The summed E-state index contributed by atoms with van der Waals surface area (Å²) in [5.74, 6) is 0.320. The van der Waals surface area contributed by atoms with Crippen molar-refractivity contribution in [2.75, 3.05) is 7.11 Å². The molecule has 0 saturated heterocycles. The summed E-state index contributed by atoms with van der Waals surface area (Å²) < 4.78 is 10.2. The molecule has 0 bridgehead atoms. The number of methoxy groups -OCH3 is 1. The Morgan fingerprint density at radius 2 is 1.79 bits per heavy atom. The van der Waals surface area contributed by atoms with E-state index in [0.717, 1.165) is 0 Å². The Morgan fingerprint density at radius 3 is 2.38 bits per heavy atom. The Hall–Kier alpha value is -3.48. The molecule has 0 aromatic heterocycles. The minimum absolute atomic E-state index is 0.0198. The molecule has 0 radical (unpaired) electrons. The number of aliphatic imine (C=N–C) groups is 1. The maximum Gasteiger partial charge on any atom is 0.363 e. The summed E-state index contributed by atoms with van der Waals surface area (Å²) >= 11 is 0. The fourth-order valence-electron chi connectivity index (χ4n) is 2.12. The van der Waals surface area contributed by atoms with Gasteiger partial charge in [0, 0.05) is 17.7 Å². The number of nitro benzene ring substituents is 1. The summed E-state index contributed by atoms with van der Waals surface area (Å²) in [5.41, 5.74) is 1.38. The van der Waals surface area contributed by atoms with Crippen LogP contribution < -0.4 is 4.74 Å². The van der Waals surface area contributed by atoms with Crippen molar-refractivity contribution in [3.8, 4) is 5.75 Å². The molecule has 0 amide bonds. The number of hydrogen-bond acceptors (Lipinski definition) is 6. The molecule has 0 spiro atoms. The molecule has 1 aliphatic heterocycles. The molecule has 120 valence electrons. The number of ether oxygens (including phenoxy) is 2. The lowest BCUT2D eigenvalue weighted by Crippen LogP contribution is -2.05. The van der Waals surface area contributed by atoms with Gasteiger partial charge in [0.2, 0.25) is 5.90 Å². The van der Waals surface area contributed by atoms with Crippen LogP contribution in [-0.2, 0) is 9.53 Å². The van der Waals surface area contributed by atoms with Gasteiger partial charge in [-0.2, -0.15) is 0 Å². The van der Waals surface area contributed by atoms with E-state index in [-0.39, 0.29) is 17.3 Å². The molecule has 1 heterocycles. The van der Waals surface area contributed by atoms with E-state index in [0.29, 0.717) is 16.9 Å². The summed E-state index contributed by atoms with van der Waals surface area (Å²) in [6.07, 6.45) is 1.52. The Kier molecular flexibility index (Phi) is 4.07. The lowest BCUT2D eigenvalue weighted by Gasteiger charge is -2.01. The Bertz CT molecular complexity index is 852. The SMILES string of the molecule is COc1ccc(C2=NC(=Cc3ccc([N+](=O)[O-])cc3)C(=O)O2)cc1. The largest absolute Gasteiger partial charge is 0.497 e. The Balaban J connectivity index is 1.86. The van der Waals surface area contributed by atoms with Crippen LogP contribution in [0, 0.1) is 10.1 Å². The van der Waals surface area contributed by atoms with Crippen LogP contribution in [0.1, 0.15) is 11.1 Å². The number of cyclic esters (lactones) is 1. The molecular formula is C17H12N2O5. The first-order valence-corrected chi connectivity index (χ1v) is 6.98. The summed E-state index contributed by atoms with van der Waals surface area (Å²) in [6.45, 7) is 0. The van der Waals surface area contributed by atoms with Gasteiger partial charge in [-0.15, -0.1) is 0 Å². The molecule has 7 heteroatoms. The van der Waals surface area contributed by atoms with Gasteiger partial charge < -0.3 is 9.47 Å². The lowest BCUT2D eigenvalue weighted by atomic mass is 10.2. The summed E-state index contributed by atoms with van der Waals surface area (Å²) in [7, 11) is 1.56. The van der Waals surface area contributed by atoms with Crippen LogP contribution in [0.5, 0.6) is 5.75 Å². The van der Waals surface area contributed by atoms with Crippen LogP contribution in [0.25, 0.3) is 6.08 Å².